The van der Waals surface area contributed by atoms with Gasteiger partial charge >= 0.3 is 5.97 Å². The van der Waals surface area contributed by atoms with E-state index in [4.69, 9.17) is 14.4 Å². The summed E-state index contributed by atoms with van der Waals surface area (Å²) in [5.41, 5.74) is 2.08. The van der Waals surface area contributed by atoms with Gasteiger partial charge in [-0.1, -0.05) is 5.16 Å². The second kappa shape index (κ2) is 5.12. The maximum absolute atomic E-state index is 10.9. The molecule has 0 unspecified atom stereocenters. The van der Waals surface area contributed by atoms with E-state index in [1.807, 2.05) is 0 Å². The van der Waals surface area contributed by atoms with Crippen LogP contribution < -0.4 is 4.74 Å². The molecule has 2 aromatic rings. The molecule has 0 amide bonds. The Balaban J connectivity index is 2.15. The van der Waals surface area contributed by atoms with Crippen LogP contribution in [0.3, 0.4) is 0 Å². The number of carboxylic acid groups (broad SMARTS) is 1. The van der Waals surface area contributed by atoms with Gasteiger partial charge in [0.15, 0.2) is 11.5 Å². The van der Waals surface area contributed by atoms with E-state index in [9.17, 15) is 9.90 Å². The van der Waals surface area contributed by atoms with Gasteiger partial charge < -0.3 is 19.5 Å². The first-order valence-corrected chi connectivity index (χ1v) is 6.74. The predicted molar refractivity (Wildman–Crippen MR) is 73.8 cm³/mol. The Labute approximate surface area is 121 Å². The van der Waals surface area contributed by atoms with Crippen LogP contribution in [-0.4, -0.2) is 28.4 Å². The second-order valence-corrected chi connectivity index (χ2v) is 5.02. The molecule has 1 aromatic carbocycles. The molecule has 3 rings (SSSR count). The smallest absolute Gasteiger partial charge is 0.358 e. The van der Waals surface area contributed by atoms with E-state index in [2.05, 4.69) is 5.16 Å². The van der Waals surface area contributed by atoms with Crippen molar-refractivity contribution in [2.24, 2.45) is 0 Å². The summed E-state index contributed by atoms with van der Waals surface area (Å²) in [5.74, 6) is -0.143. The third-order valence-corrected chi connectivity index (χ3v) is 3.80. The minimum atomic E-state index is -1.17. The van der Waals surface area contributed by atoms with Crippen LogP contribution in [0, 0.1) is 0 Å². The first-order valence-electron chi connectivity index (χ1n) is 6.74. The van der Waals surface area contributed by atoms with Crippen LogP contribution in [0.2, 0.25) is 0 Å². The number of ether oxygens (including phenoxy) is 1. The molecule has 1 aromatic heterocycles. The number of rotatable bonds is 3. The molecule has 6 nitrogen and oxygen atoms in total. The molecule has 2 N–H and O–H groups in total. The summed E-state index contributed by atoms with van der Waals surface area (Å²) in [7, 11) is 1.58. The predicted octanol–water partition coefficient (Wildman–Crippen LogP) is 2.63. The molecule has 0 aliphatic heterocycles. The number of phenolic OH excluding ortho intramolecular Hbond substituents is 1. The number of aromatic nitrogens is 1. The van der Waals surface area contributed by atoms with E-state index in [1.165, 1.54) is 6.07 Å². The summed E-state index contributed by atoms with van der Waals surface area (Å²) in [5, 5.41) is 22.8. The molecule has 110 valence electrons. The molecule has 0 spiro atoms. The van der Waals surface area contributed by atoms with Gasteiger partial charge in [-0.15, -0.1) is 0 Å². The second-order valence-electron chi connectivity index (χ2n) is 5.02. The van der Waals surface area contributed by atoms with Crippen molar-refractivity contribution in [2.75, 3.05) is 7.11 Å². The third-order valence-electron chi connectivity index (χ3n) is 3.80. The summed E-state index contributed by atoms with van der Waals surface area (Å²) in [6, 6.07) is 2.97. The van der Waals surface area contributed by atoms with Crippen LogP contribution in [0.25, 0.3) is 11.3 Å². The summed E-state index contributed by atoms with van der Waals surface area (Å²) in [4.78, 5) is 10.9. The Bertz CT molecular complexity index is 704. The van der Waals surface area contributed by atoms with Crippen molar-refractivity contribution in [1.82, 2.24) is 5.16 Å². The van der Waals surface area contributed by atoms with E-state index in [0.29, 0.717) is 11.3 Å². The first-order chi connectivity index (χ1) is 10.1. The van der Waals surface area contributed by atoms with Crippen LogP contribution in [0.4, 0.5) is 0 Å². The van der Waals surface area contributed by atoms with Gasteiger partial charge in [-0.25, -0.2) is 4.79 Å². The number of hydrogen-bond acceptors (Lipinski definition) is 5. The SMILES string of the molecule is COc1cc(-c2cc(C(=O)O)no2)c(O)c2c1CCCC2. The number of aromatic carboxylic acids is 1. The van der Waals surface area contributed by atoms with Crippen molar-refractivity contribution in [3.63, 3.8) is 0 Å². The van der Waals surface area contributed by atoms with Crippen molar-refractivity contribution < 1.29 is 24.3 Å². The van der Waals surface area contributed by atoms with E-state index >= 15 is 0 Å². The maximum Gasteiger partial charge on any atom is 0.358 e. The first kappa shape index (κ1) is 13.5. The highest BCUT2D eigenvalue weighted by Crippen LogP contribution is 2.42. The normalized spacial score (nSPS) is 13.8. The zero-order valence-electron chi connectivity index (χ0n) is 11.5. The lowest BCUT2D eigenvalue weighted by Crippen LogP contribution is -2.06. The lowest BCUT2D eigenvalue weighted by Gasteiger charge is -2.21. The van der Waals surface area contributed by atoms with Crippen LogP contribution in [0.15, 0.2) is 16.7 Å². The van der Waals surface area contributed by atoms with E-state index in [-0.39, 0.29) is 17.2 Å². The van der Waals surface area contributed by atoms with Gasteiger partial charge in [0.25, 0.3) is 0 Å². The fourth-order valence-electron chi connectivity index (χ4n) is 2.76. The zero-order valence-corrected chi connectivity index (χ0v) is 11.5. The fourth-order valence-corrected chi connectivity index (χ4v) is 2.76. The van der Waals surface area contributed by atoms with Crippen LogP contribution >= 0.6 is 0 Å². The van der Waals surface area contributed by atoms with Crippen molar-refractivity contribution in [1.29, 1.82) is 0 Å². The average Bonchev–Trinajstić information content (AvgIpc) is 2.98. The largest absolute Gasteiger partial charge is 0.507 e. The number of hydrogen-bond donors (Lipinski definition) is 2. The molecule has 0 radical (unpaired) electrons. The Hall–Kier alpha value is -2.50. The molecule has 0 fully saturated rings. The molecule has 1 aliphatic carbocycles. The van der Waals surface area contributed by atoms with E-state index < -0.39 is 5.97 Å². The molecule has 0 bridgehead atoms. The molecule has 6 heteroatoms. The van der Waals surface area contributed by atoms with Gasteiger partial charge in [-0.3, -0.25) is 0 Å². The lowest BCUT2D eigenvalue weighted by molar-refractivity contribution is 0.0686. The van der Waals surface area contributed by atoms with Gasteiger partial charge in [0.2, 0.25) is 0 Å². The molecule has 21 heavy (non-hydrogen) atoms. The number of nitrogens with zero attached hydrogens (tertiary/aromatic N) is 1. The Morgan fingerprint density at radius 1 is 1.29 bits per heavy atom. The molecule has 0 atom stereocenters. The number of fused-ring (bicyclic) bond motifs is 1. The van der Waals surface area contributed by atoms with Gasteiger partial charge in [-0.05, 0) is 31.7 Å². The quantitative estimate of drug-likeness (QED) is 0.902. The van der Waals surface area contributed by atoms with Crippen LogP contribution in [0.1, 0.15) is 34.5 Å². The highest BCUT2D eigenvalue weighted by Gasteiger charge is 2.24. The highest BCUT2D eigenvalue weighted by atomic mass is 16.5. The Morgan fingerprint density at radius 3 is 2.62 bits per heavy atom. The minimum Gasteiger partial charge on any atom is -0.507 e. The molecular formula is C15H15NO5. The topological polar surface area (TPSA) is 92.8 Å². The average molecular weight is 289 g/mol. The Kier molecular flexibility index (Phi) is 3.29. The number of aromatic hydroxyl groups is 1. The van der Waals surface area contributed by atoms with Crippen LogP contribution in [-0.2, 0) is 12.8 Å². The standard InChI is InChI=1S/C15H15NO5/c1-20-12-6-10(13-7-11(15(18)19)16-21-13)14(17)9-5-3-2-4-8(9)12/h6-7,17H,2-5H2,1H3,(H,18,19). The number of benzene rings is 1. The molecule has 0 saturated heterocycles. The van der Waals surface area contributed by atoms with Crippen LogP contribution in [0.5, 0.6) is 11.5 Å². The summed E-state index contributed by atoms with van der Waals surface area (Å²) >= 11 is 0. The van der Waals surface area contributed by atoms with Gasteiger partial charge in [0.1, 0.15) is 11.5 Å². The summed E-state index contributed by atoms with van der Waals surface area (Å²) < 4.78 is 10.4. The maximum atomic E-state index is 10.9. The molecule has 0 saturated carbocycles. The number of carboxylic acids is 1. The van der Waals surface area contributed by atoms with Gasteiger partial charge in [-0.2, -0.15) is 0 Å². The van der Waals surface area contributed by atoms with Crippen molar-refractivity contribution in [3.8, 4) is 22.8 Å². The Morgan fingerprint density at radius 2 is 2.00 bits per heavy atom. The monoisotopic (exact) mass is 289 g/mol. The summed E-state index contributed by atoms with van der Waals surface area (Å²) in [6.07, 6.45) is 3.70. The third kappa shape index (κ3) is 2.22. The van der Waals surface area contributed by atoms with Crippen molar-refractivity contribution in [3.05, 3.63) is 29.0 Å². The van der Waals surface area contributed by atoms with Crippen molar-refractivity contribution in [2.45, 2.75) is 25.7 Å². The molecule has 1 heterocycles. The molecule has 1 aliphatic rings. The minimum absolute atomic E-state index is 0.124. The number of methoxy groups -OCH3 is 1. The van der Waals surface area contributed by atoms with Gasteiger partial charge in [0.05, 0.1) is 12.7 Å². The zero-order chi connectivity index (χ0) is 15.0. The number of phenols is 1. The lowest BCUT2D eigenvalue weighted by atomic mass is 9.88. The fraction of sp³-hybridized carbons (Fsp3) is 0.333. The van der Waals surface area contributed by atoms with Crippen molar-refractivity contribution >= 4 is 5.97 Å². The van der Waals surface area contributed by atoms with E-state index in [1.54, 1.807) is 13.2 Å². The van der Waals surface area contributed by atoms with E-state index in [0.717, 1.165) is 36.8 Å². The summed E-state index contributed by atoms with van der Waals surface area (Å²) in [6.45, 7) is 0. The highest BCUT2D eigenvalue weighted by molar-refractivity contribution is 5.87. The number of carbonyl (C=O) groups is 1. The molecular weight excluding hydrogens is 274 g/mol. The van der Waals surface area contributed by atoms with Gasteiger partial charge in [0, 0.05) is 17.2 Å².